The third-order valence-electron chi connectivity index (χ3n) is 2.04. The molecule has 2 nitrogen and oxygen atoms in total. The standard InChI is InChI=1S/C9H10ClNOS/c10-8-4-1-2-5-9(8)11-13(12)6-3-7-13/h1-2,4-5H,3,6-7H2. The fraction of sp³-hybridized carbons (Fsp3) is 0.333. The molecule has 2 rings (SSSR count). The zero-order valence-corrected chi connectivity index (χ0v) is 8.64. The Labute approximate surface area is 83.1 Å². The van der Waals surface area contributed by atoms with Crippen molar-refractivity contribution in [2.45, 2.75) is 6.42 Å². The van der Waals surface area contributed by atoms with Gasteiger partial charge in [-0.1, -0.05) is 23.7 Å². The van der Waals surface area contributed by atoms with Crippen molar-refractivity contribution in [2.75, 3.05) is 11.5 Å². The number of hydrogen-bond acceptors (Lipinski definition) is 2. The second-order valence-corrected chi connectivity index (χ2v) is 6.03. The highest BCUT2D eigenvalue weighted by Crippen LogP contribution is 2.27. The average molecular weight is 216 g/mol. The van der Waals surface area contributed by atoms with Gasteiger partial charge in [0, 0.05) is 11.5 Å². The highest BCUT2D eigenvalue weighted by atomic mass is 35.5. The van der Waals surface area contributed by atoms with Gasteiger partial charge >= 0.3 is 0 Å². The van der Waals surface area contributed by atoms with Gasteiger partial charge in [0.15, 0.2) is 0 Å². The van der Waals surface area contributed by atoms with Crippen molar-refractivity contribution in [3.8, 4) is 0 Å². The Morgan fingerprint density at radius 2 is 2.00 bits per heavy atom. The summed E-state index contributed by atoms with van der Waals surface area (Å²) in [6, 6.07) is 7.26. The van der Waals surface area contributed by atoms with E-state index >= 15 is 0 Å². The first-order valence-corrected chi connectivity index (χ1v) is 6.40. The molecule has 1 aliphatic rings. The van der Waals surface area contributed by atoms with Crippen LogP contribution < -0.4 is 0 Å². The summed E-state index contributed by atoms with van der Waals surface area (Å²) in [7, 11) is -1.92. The van der Waals surface area contributed by atoms with Crippen LogP contribution in [0.4, 0.5) is 5.69 Å². The fourth-order valence-electron chi connectivity index (χ4n) is 1.19. The van der Waals surface area contributed by atoms with Crippen molar-refractivity contribution in [2.24, 2.45) is 4.36 Å². The lowest BCUT2D eigenvalue weighted by Gasteiger charge is -2.17. The third kappa shape index (κ3) is 1.86. The molecule has 1 fully saturated rings. The molecule has 1 saturated heterocycles. The van der Waals surface area contributed by atoms with Crippen LogP contribution in [0.1, 0.15) is 6.42 Å². The number of halogens is 1. The molecule has 0 spiro atoms. The highest BCUT2D eigenvalue weighted by Gasteiger charge is 2.19. The van der Waals surface area contributed by atoms with Gasteiger partial charge in [0.1, 0.15) is 0 Å². The topological polar surface area (TPSA) is 29.4 Å². The Balaban J connectivity index is 2.43. The predicted octanol–water partition coefficient (Wildman–Crippen LogP) is 2.84. The summed E-state index contributed by atoms with van der Waals surface area (Å²) >= 11 is 5.89. The molecule has 0 radical (unpaired) electrons. The monoisotopic (exact) mass is 215 g/mol. The summed E-state index contributed by atoms with van der Waals surface area (Å²) in [6.45, 7) is 0. The summed E-state index contributed by atoms with van der Waals surface area (Å²) in [5.41, 5.74) is 0.661. The molecular formula is C9H10ClNOS. The van der Waals surface area contributed by atoms with Gasteiger partial charge in [-0.3, -0.25) is 0 Å². The van der Waals surface area contributed by atoms with E-state index in [1.165, 1.54) is 0 Å². The van der Waals surface area contributed by atoms with Crippen LogP contribution in [-0.2, 0) is 9.73 Å². The van der Waals surface area contributed by atoms with E-state index in [9.17, 15) is 4.21 Å². The number of rotatable bonds is 1. The summed E-state index contributed by atoms with van der Waals surface area (Å²) in [5.74, 6) is 1.44. The van der Waals surface area contributed by atoms with Crippen molar-refractivity contribution >= 4 is 27.0 Å². The molecule has 70 valence electrons. The van der Waals surface area contributed by atoms with Crippen molar-refractivity contribution < 1.29 is 4.21 Å². The van der Waals surface area contributed by atoms with Crippen LogP contribution >= 0.6 is 11.6 Å². The van der Waals surface area contributed by atoms with Crippen LogP contribution in [0.25, 0.3) is 0 Å². The molecule has 1 aromatic carbocycles. The Hall–Kier alpha value is -0.540. The molecule has 13 heavy (non-hydrogen) atoms. The first-order chi connectivity index (χ1) is 6.20. The smallest absolute Gasteiger partial charge is 0.0916 e. The van der Waals surface area contributed by atoms with Gasteiger partial charge < -0.3 is 0 Å². The normalized spacial score (nSPS) is 19.2. The molecule has 0 amide bonds. The Kier molecular flexibility index (Phi) is 2.30. The maximum Gasteiger partial charge on any atom is 0.0916 e. The second-order valence-electron chi connectivity index (χ2n) is 3.08. The molecule has 0 bridgehead atoms. The number of benzene rings is 1. The molecule has 1 aliphatic heterocycles. The Bertz CT molecular complexity index is 425. The highest BCUT2D eigenvalue weighted by molar-refractivity contribution is 7.95. The van der Waals surface area contributed by atoms with E-state index in [0.717, 1.165) is 17.9 Å². The van der Waals surface area contributed by atoms with Crippen LogP contribution in [0.2, 0.25) is 5.02 Å². The molecule has 0 N–H and O–H groups in total. The number of nitrogens with zero attached hydrogens (tertiary/aromatic N) is 1. The van der Waals surface area contributed by atoms with E-state index in [4.69, 9.17) is 11.6 Å². The van der Waals surface area contributed by atoms with Gasteiger partial charge in [-0.25, -0.2) is 4.21 Å². The summed E-state index contributed by atoms with van der Waals surface area (Å²) in [5, 5.41) is 0.581. The maximum absolute atomic E-state index is 11.7. The van der Waals surface area contributed by atoms with Crippen LogP contribution in [0.15, 0.2) is 28.6 Å². The number of hydrogen-bond donors (Lipinski definition) is 0. The minimum Gasteiger partial charge on any atom is -0.249 e. The molecule has 0 saturated carbocycles. The minimum atomic E-state index is -1.92. The SMILES string of the molecule is O=S1(=Nc2ccccc2Cl)CCC1. The van der Waals surface area contributed by atoms with E-state index in [2.05, 4.69) is 4.36 Å². The molecule has 4 heteroatoms. The Morgan fingerprint density at radius 3 is 2.54 bits per heavy atom. The predicted molar refractivity (Wildman–Crippen MR) is 56.0 cm³/mol. The fourth-order valence-corrected chi connectivity index (χ4v) is 2.90. The molecular weight excluding hydrogens is 206 g/mol. The summed E-state index contributed by atoms with van der Waals surface area (Å²) in [4.78, 5) is 0. The first kappa shape index (κ1) is 9.03. The molecule has 1 heterocycles. The molecule has 0 atom stereocenters. The van der Waals surface area contributed by atoms with Gasteiger partial charge in [-0.05, 0) is 18.6 Å². The van der Waals surface area contributed by atoms with Crippen LogP contribution in [0.3, 0.4) is 0 Å². The van der Waals surface area contributed by atoms with Crippen molar-refractivity contribution in [1.29, 1.82) is 0 Å². The van der Waals surface area contributed by atoms with E-state index in [1.807, 2.05) is 12.1 Å². The van der Waals surface area contributed by atoms with Crippen molar-refractivity contribution in [3.05, 3.63) is 29.3 Å². The third-order valence-corrected chi connectivity index (χ3v) is 4.75. The molecule has 0 aromatic heterocycles. The molecule has 0 unspecified atom stereocenters. The summed E-state index contributed by atoms with van der Waals surface area (Å²) < 4.78 is 15.9. The quantitative estimate of drug-likeness (QED) is 0.709. The zero-order chi connectivity index (χ0) is 9.31. The summed E-state index contributed by atoms with van der Waals surface area (Å²) in [6.07, 6.45) is 1.02. The van der Waals surface area contributed by atoms with Gasteiger partial charge in [-0.2, -0.15) is 4.36 Å². The minimum absolute atomic E-state index is 0.581. The van der Waals surface area contributed by atoms with E-state index in [0.29, 0.717) is 10.7 Å². The van der Waals surface area contributed by atoms with Gasteiger partial charge in [-0.15, -0.1) is 0 Å². The van der Waals surface area contributed by atoms with E-state index in [1.54, 1.807) is 12.1 Å². The first-order valence-electron chi connectivity index (χ1n) is 4.17. The van der Waals surface area contributed by atoms with E-state index in [-0.39, 0.29) is 0 Å². The van der Waals surface area contributed by atoms with Crippen LogP contribution in [0, 0.1) is 0 Å². The van der Waals surface area contributed by atoms with Crippen LogP contribution in [0.5, 0.6) is 0 Å². The largest absolute Gasteiger partial charge is 0.249 e. The van der Waals surface area contributed by atoms with Crippen molar-refractivity contribution in [1.82, 2.24) is 0 Å². The zero-order valence-electron chi connectivity index (χ0n) is 7.07. The lowest BCUT2D eigenvalue weighted by molar-refractivity contribution is 0.663. The van der Waals surface area contributed by atoms with E-state index < -0.39 is 9.73 Å². The maximum atomic E-state index is 11.7. The van der Waals surface area contributed by atoms with Gasteiger partial charge in [0.05, 0.1) is 20.4 Å². The second kappa shape index (κ2) is 3.31. The Morgan fingerprint density at radius 1 is 1.31 bits per heavy atom. The molecule has 0 aliphatic carbocycles. The molecule has 1 aromatic rings. The van der Waals surface area contributed by atoms with Crippen LogP contribution in [-0.4, -0.2) is 15.7 Å². The average Bonchev–Trinajstić information content (AvgIpc) is 2.06. The van der Waals surface area contributed by atoms with Crippen molar-refractivity contribution in [3.63, 3.8) is 0 Å². The lowest BCUT2D eigenvalue weighted by Crippen LogP contribution is -2.22. The lowest BCUT2D eigenvalue weighted by atomic mass is 10.3. The van der Waals surface area contributed by atoms with Gasteiger partial charge in [0.2, 0.25) is 0 Å². The van der Waals surface area contributed by atoms with Gasteiger partial charge in [0.25, 0.3) is 0 Å².